The number of aliphatic carboxylic acids is 1. The fourth-order valence-electron chi connectivity index (χ4n) is 0.934. The van der Waals surface area contributed by atoms with Crippen LogP contribution in [-0.2, 0) is 4.79 Å². The van der Waals surface area contributed by atoms with E-state index in [0.29, 0.717) is 12.8 Å². The third-order valence-corrected chi connectivity index (χ3v) is 3.87. The molecule has 5 N–H and O–H groups in total. The summed E-state index contributed by atoms with van der Waals surface area (Å²) in [4.78, 5) is 9.55. The third-order valence-electron chi connectivity index (χ3n) is 2.24. The van der Waals surface area contributed by atoms with E-state index >= 15 is 0 Å². The summed E-state index contributed by atoms with van der Waals surface area (Å²) in [6.07, 6.45) is 0.950. The molecule has 0 aliphatic heterocycles. The number of rotatable bonds is 7. The average Bonchev–Trinajstić information content (AvgIpc) is 2.38. The average molecular weight is 461 g/mol. The molecule has 0 spiro atoms. The van der Waals surface area contributed by atoms with Gasteiger partial charge in [0.2, 0.25) is 0 Å². The number of thiol groups is 6. The Labute approximate surface area is 176 Å². The number of aliphatic hydroxyl groups is 4. The summed E-state index contributed by atoms with van der Waals surface area (Å²) in [7, 11) is 0. The van der Waals surface area contributed by atoms with Crippen LogP contribution < -0.4 is 0 Å². The minimum atomic E-state index is -1.55. The summed E-state index contributed by atoms with van der Waals surface area (Å²) >= 11 is 21.5. The zero-order valence-electron chi connectivity index (χ0n) is 13.4. The normalized spacial score (nSPS) is 14.0. The second-order valence-corrected chi connectivity index (χ2v) is 9.57. The Morgan fingerprint density at radius 2 is 1.08 bits per heavy atom. The minimum absolute atomic E-state index is 0.517. The topological polar surface area (TPSA) is 118 Å². The van der Waals surface area contributed by atoms with Gasteiger partial charge in [0, 0.05) is 0 Å². The van der Waals surface area contributed by atoms with E-state index in [1.807, 2.05) is 13.8 Å². The van der Waals surface area contributed by atoms with Crippen molar-refractivity contribution < 1.29 is 30.3 Å². The summed E-state index contributed by atoms with van der Waals surface area (Å²) < 4.78 is -3.93. The van der Waals surface area contributed by atoms with Crippen LogP contribution in [0.4, 0.5) is 0 Å². The molecular weight excluding hydrogens is 433 g/mol. The van der Waals surface area contributed by atoms with Crippen molar-refractivity contribution in [3.8, 4) is 0 Å². The highest BCUT2D eigenvalue weighted by atomic mass is 32.2. The number of carboxylic acids is 1. The minimum Gasteiger partial charge on any atom is -0.480 e. The van der Waals surface area contributed by atoms with E-state index in [1.165, 1.54) is 0 Å². The number of carboxylic acid groups (broad SMARTS) is 1. The Bertz CT molecular complexity index is 296. The molecule has 0 radical (unpaired) electrons. The number of aliphatic hydroxyl groups excluding tert-OH is 2. The Balaban J connectivity index is -0.000000282. The molecule has 0 saturated heterocycles. The predicted octanol–water partition coefficient (Wildman–Crippen LogP) is 1.56. The molecule has 0 aliphatic carbocycles. The predicted molar refractivity (Wildman–Crippen MR) is 117 cm³/mol. The van der Waals surface area contributed by atoms with Crippen LogP contribution in [0, 0.1) is 0 Å². The first-order valence-corrected chi connectivity index (χ1v) is 9.72. The van der Waals surface area contributed by atoms with Crippen LogP contribution in [-0.4, -0.2) is 56.8 Å². The van der Waals surface area contributed by atoms with Crippen LogP contribution in [0.15, 0.2) is 0 Å². The van der Waals surface area contributed by atoms with Gasteiger partial charge in [0.25, 0.3) is 0 Å². The van der Waals surface area contributed by atoms with E-state index in [0.717, 1.165) is 12.8 Å². The molecule has 6 nitrogen and oxygen atoms in total. The Morgan fingerprint density at radius 1 is 0.875 bits per heavy atom. The summed E-state index contributed by atoms with van der Waals surface area (Å²) in [6.45, 7) is 3.83. The molecule has 0 rings (SSSR count). The SMILES string of the molecule is CCCC(O)C(O)(S)S.CCCC(O)C(O)(S)S.O=C(O)C(S)S. The van der Waals surface area contributed by atoms with Crippen molar-refractivity contribution in [3.05, 3.63) is 0 Å². The van der Waals surface area contributed by atoms with Gasteiger partial charge in [0.1, 0.15) is 16.8 Å². The van der Waals surface area contributed by atoms with Crippen LogP contribution in [0.3, 0.4) is 0 Å². The molecule has 0 heterocycles. The lowest BCUT2D eigenvalue weighted by Gasteiger charge is -2.21. The zero-order valence-corrected chi connectivity index (χ0v) is 18.8. The van der Waals surface area contributed by atoms with Gasteiger partial charge in [-0.3, -0.25) is 4.79 Å². The maximum Gasteiger partial charge on any atom is 0.326 e. The van der Waals surface area contributed by atoms with Crippen molar-refractivity contribution in [2.24, 2.45) is 0 Å². The van der Waals surface area contributed by atoms with Gasteiger partial charge in [0.15, 0.2) is 8.53 Å². The molecule has 148 valence electrons. The fourth-order valence-corrected chi connectivity index (χ4v) is 1.45. The summed E-state index contributed by atoms with van der Waals surface area (Å²) in [5.41, 5.74) is 0. The highest BCUT2D eigenvalue weighted by Gasteiger charge is 2.26. The van der Waals surface area contributed by atoms with Crippen molar-refractivity contribution in [3.63, 3.8) is 0 Å². The zero-order chi connectivity index (χ0) is 20.1. The van der Waals surface area contributed by atoms with Crippen LogP contribution >= 0.6 is 75.8 Å². The van der Waals surface area contributed by atoms with Crippen molar-refractivity contribution in [1.82, 2.24) is 0 Å². The molecular formula is C12H28O6S6. The van der Waals surface area contributed by atoms with Gasteiger partial charge in [-0.25, -0.2) is 0 Å². The van der Waals surface area contributed by atoms with Gasteiger partial charge in [-0.05, 0) is 12.8 Å². The van der Waals surface area contributed by atoms with E-state index in [9.17, 15) is 4.79 Å². The van der Waals surface area contributed by atoms with Crippen LogP contribution in [0.25, 0.3) is 0 Å². The summed E-state index contributed by atoms with van der Waals surface area (Å²) in [5, 5.41) is 43.6. The van der Waals surface area contributed by atoms with E-state index < -0.39 is 31.3 Å². The number of hydrogen-bond acceptors (Lipinski definition) is 11. The molecule has 0 bridgehead atoms. The quantitative estimate of drug-likeness (QED) is 0.207. The highest BCUT2D eigenvalue weighted by molar-refractivity contribution is 8.01. The molecule has 0 aromatic heterocycles. The standard InChI is InChI=1S/2C5H12O2S2.C2H4O2S2/c2*1-2-3-4(6)5(7,8)9;3-1(4)2(5)6/h2*4,6-9H,2-3H2,1H3;2,5-6H,(H,3,4). The molecule has 0 aromatic rings. The summed E-state index contributed by atoms with van der Waals surface area (Å²) in [5.74, 6) is -1.01. The molecule has 12 heteroatoms. The lowest BCUT2D eigenvalue weighted by Crippen LogP contribution is -2.30. The molecule has 0 saturated carbocycles. The van der Waals surface area contributed by atoms with Gasteiger partial charge in [0.05, 0.1) is 0 Å². The van der Waals surface area contributed by atoms with Crippen molar-refractivity contribution in [2.45, 2.75) is 64.9 Å². The number of hydrogen-bond donors (Lipinski definition) is 11. The molecule has 0 amide bonds. The van der Waals surface area contributed by atoms with Crippen LogP contribution in [0.5, 0.6) is 0 Å². The van der Waals surface area contributed by atoms with Crippen molar-refractivity contribution in [2.75, 3.05) is 0 Å². The maximum atomic E-state index is 9.55. The highest BCUT2D eigenvalue weighted by Crippen LogP contribution is 2.23. The van der Waals surface area contributed by atoms with Gasteiger partial charge in [-0.15, -0.1) is 50.5 Å². The Kier molecular flexibility index (Phi) is 19.4. The lowest BCUT2D eigenvalue weighted by molar-refractivity contribution is -0.134. The van der Waals surface area contributed by atoms with Crippen molar-refractivity contribution >= 4 is 81.7 Å². The van der Waals surface area contributed by atoms with Gasteiger partial charge >= 0.3 is 5.97 Å². The fraction of sp³-hybridized carbons (Fsp3) is 0.917. The van der Waals surface area contributed by atoms with E-state index in [1.54, 1.807) is 0 Å². The Hall–Kier alpha value is 1.41. The summed E-state index contributed by atoms with van der Waals surface area (Å²) in [6, 6.07) is 0. The second-order valence-electron chi connectivity index (χ2n) is 4.70. The number of carbonyl (C=O) groups is 1. The van der Waals surface area contributed by atoms with E-state index in [2.05, 4.69) is 75.8 Å². The largest absolute Gasteiger partial charge is 0.480 e. The van der Waals surface area contributed by atoms with Gasteiger partial charge in [-0.1, -0.05) is 26.7 Å². The molecule has 2 atom stereocenters. The van der Waals surface area contributed by atoms with Gasteiger partial charge < -0.3 is 25.5 Å². The second kappa shape index (κ2) is 15.5. The lowest BCUT2D eigenvalue weighted by atomic mass is 10.2. The van der Waals surface area contributed by atoms with Gasteiger partial charge in [-0.2, -0.15) is 25.3 Å². The van der Waals surface area contributed by atoms with Crippen LogP contribution in [0.2, 0.25) is 0 Å². The van der Waals surface area contributed by atoms with Crippen LogP contribution in [0.1, 0.15) is 39.5 Å². The molecule has 0 aromatic carbocycles. The third kappa shape index (κ3) is 21.5. The monoisotopic (exact) mass is 460 g/mol. The molecule has 24 heavy (non-hydrogen) atoms. The first-order chi connectivity index (χ1) is 10.6. The molecule has 2 unspecified atom stereocenters. The maximum absolute atomic E-state index is 9.55. The smallest absolute Gasteiger partial charge is 0.326 e. The van der Waals surface area contributed by atoms with Crippen molar-refractivity contribution in [1.29, 1.82) is 0 Å². The van der Waals surface area contributed by atoms with E-state index in [-0.39, 0.29) is 0 Å². The molecule has 0 fully saturated rings. The van der Waals surface area contributed by atoms with E-state index in [4.69, 9.17) is 25.5 Å². The first kappa shape index (κ1) is 30.1. The molecule has 0 aliphatic rings. The first-order valence-electron chi connectivity index (χ1n) is 6.90. The Morgan fingerprint density at radius 3 is 1.12 bits per heavy atom.